The number of nitrogens with zero attached hydrogens (tertiary/aromatic N) is 2. The molecule has 0 amide bonds. The van der Waals surface area contributed by atoms with Gasteiger partial charge in [-0.2, -0.15) is 4.31 Å². The second kappa shape index (κ2) is 5.31. The zero-order valence-corrected chi connectivity index (χ0v) is 12.4. The number of fused-ring (bicyclic) bond motifs is 1. The van der Waals surface area contributed by atoms with E-state index >= 15 is 0 Å². The van der Waals surface area contributed by atoms with Crippen molar-refractivity contribution in [2.75, 3.05) is 13.1 Å². The summed E-state index contributed by atoms with van der Waals surface area (Å²) in [4.78, 5) is 4.37. The second-order valence-electron chi connectivity index (χ2n) is 4.96. The maximum atomic E-state index is 12.8. The summed E-state index contributed by atoms with van der Waals surface area (Å²) in [6, 6.07) is 7.00. The minimum atomic E-state index is -3.50. The molecule has 1 aromatic carbocycles. The van der Waals surface area contributed by atoms with E-state index < -0.39 is 10.0 Å². The van der Waals surface area contributed by atoms with Crippen molar-refractivity contribution in [3.8, 4) is 0 Å². The number of piperidine rings is 1. The normalized spacial score (nSPS) is 21.1. The van der Waals surface area contributed by atoms with Gasteiger partial charge in [0.1, 0.15) is 0 Å². The Labute approximate surface area is 123 Å². The number of benzene rings is 1. The van der Waals surface area contributed by atoms with Gasteiger partial charge in [-0.05, 0) is 25.0 Å². The van der Waals surface area contributed by atoms with E-state index in [1.165, 1.54) is 4.31 Å². The lowest BCUT2D eigenvalue weighted by Crippen LogP contribution is -2.40. The highest BCUT2D eigenvalue weighted by atomic mass is 35.5. The Morgan fingerprint density at radius 3 is 2.95 bits per heavy atom. The van der Waals surface area contributed by atoms with E-state index in [4.69, 9.17) is 11.6 Å². The smallest absolute Gasteiger partial charge is 0.243 e. The van der Waals surface area contributed by atoms with Crippen LogP contribution in [0.1, 0.15) is 12.8 Å². The van der Waals surface area contributed by atoms with Gasteiger partial charge in [0.05, 0.1) is 4.90 Å². The van der Waals surface area contributed by atoms with Gasteiger partial charge >= 0.3 is 0 Å². The Hall–Kier alpha value is -1.17. The summed E-state index contributed by atoms with van der Waals surface area (Å²) < 4.78 is 27.1. The third-order valence-electron chi connectivity index (χ3n) is 3.59. The summed E-state index contributed by atoms with van der Waals surface area (Å²) in [5.41, 5.74) is 0. The highest BCUT2D eigenvalue weighted by Crippen LogP contribution is 2.28. The molecule has 1 aromatic heterocycles. The summed E-state index contributed by atoms with van der Waals surface area (Å²) in [5.74, 6) is 0. The lowest BCUT2D eigenvalue weighted by Gasteiger charge is -2.29. The average Bonchev–Trinajstić information content (AvgIpc) is 2.46. The Kier molecular flexibility index (Phi) is 3.67. The summed E-state index contributed by atoms with van der Waals surface area (Å²) in [6.45, 7) is 0.915. The molecule has 2 heterocycles. The van der Waals surface area contributed by atoms with Gasteiger partial charge in [0.15, 0.2) is 0 Å². The lowest BCUT2D eigenvalue weighted by molar-refractivity contribution is 0.351. The van der Waals surface area contributed by atoms with E-state index in [0.717, 1.165) is 18.2 Å². The molecule has 4 nitrogen and oxygen atoms in total. The molecule has 1 unspecified atom stereocenters. The number of sulfonamides is 1. The van der Waals surface area contributed by atoms with Gasteiger partial charge < -0.3 is 0 Å². The third-order valence-corrected chi connectivity index (χ3v) is 5.86. The van der Waals surface area contributed by atoms with Crippen molar-refractivity contribution in [1.29, 1.82) is 0 Å². The molecule has 20 heavy (non-hydrogen) atoms. The molecule has 3 rings (SSSR count). The molecule has 0 N–H and O–H groups in total. The minimum Gasteiger partial charge on any atom is -0.264 e. The van der Waals surface area contributed by atoms with Crippen molar-refractivity contribution in [2.24, 2.45) is 0 Å². The Balaban J connectivity index is 2.09. The molecule has 1 fully saturated rings. The van der Waals surface area contributed by atoms with Crippen LogP contribution in [0.4, 0.5) is 0 Å². The Morgan fingerprint density at radius 2 is 2.15 bits per heavy atom. The van der Waals surface area contributed by atoms with Gasteiger partial charge in [-0.25, -0.2) is 8.42 Å². The van der Waals surface area contributed by atoms with Crippen LogP contribution < -0.4 is 0 Å². The number of rotatable bonds is 2. The van der Waals surface area contributed by atoms with E-state index in [1.54, 1.807) is 30.6 Å². The fourth-order valence-electron chi connectivity index (χ4n) is 2.57. The van der Waals surface area contributed by atoms with E-state index in [9.17, 15) is 8.42 Å². The first-order chi connectivity index (χ1) is 9.59. The first-order valence-electron chi connectivity index (χ1n) is 6.56. The Bertz CT molecular complexity index is 728. The molecule has 6 heteroatoms. The largest absolute Gasteiger partial charge is 0.264 e. The standard InChI is InChI=1S/C14H15ClN2O2S/c15-12-4-2-8-17(10-12)20(18,19)14-5-1-3-11-9-16-7-6-13(11)14/h1,3,5-7,9,12H,2,4,8,10H2. The summed E-state index contributed by atoms with van der Waals surface area (Å²) in [6.07, 6.45) is 4.96. The molecule has 1 aliphatic heterocycles. The maximum Gasteiger partial charge on any atom is 0.243 e. The number of alkyl halides is 1. The van der Waals surface area contributed by atoms with E-state index in [0.29, 0.717) is 23.4 Å². The van der Waals surface area contributed by atoms with Crippen molar-refractivity contribution in [3.05, 3.63) is 36.7 Å². The van der Waals surface area contributed by atoms with Crippen LogP contribution in [-0.2, 0) is 10.0 Å². The maximum absolute atomic E-state index is 12.8. The topological polar surface area (TPSA) is 50.3 Å². The molecule has 0 radical (unpaired) electrons. The van der Waals surface area contributed by atoms with Gasteiger partial charge in [-0.3, -0.25) is 4.98 Å². The molecular formula is C14H15ClN2O2S. The van der Waals surface area contributed by atoms with Crippen molar-refractivity contribution < 1.29 is 8.42 Å². The Morgan fingerprint density at radius 1 is 1.30 bits per heavy atom. The van der Waals surface area contributed by atoms with Crippen LogP contribution in [-0.4, -0.2) is 36.2 Å². The first kappa shape index (κ1) is 13.8. The molecule has 2 aromatic rings. The first-order valence-corrected chi connectivity index (χ1v) is 8.43. The van der Waals surface area contributed by atoms with Crippen LogP contribution in [0.5, 0.6) is 0 Å². The second-order valence-corrected chi connectivity index (χ2v) is 7.48. The fourth-order valence-corrected chi connectivity index (χ4v) is 4.71. The molecule has 0 spiro atoms. The molecule has 1 saturated heterocycles. The predicted octanol–water partition coefficient (Wildman–Crippen LogP) is 2.63. The van der Waals surface area contributed by atoms with Crippen molar-refractivity contribution in [3.63, 3.8) is 0 Å². The number of aromatic nitrogens is 1. The van der Waals surface area contributed by atoms with Crippen LogP contribution in [0.3, 0.4) is 0 Å². The van der Waals surface area contributed by atoms with Gasteiger partial charge in [0, 0.05) is 41.6 Å². The number of hydrogen-bond donors (Lipinski definition) is 0. The lowest BCUT2D eigenvalue weighted by atomic mass is 10.2. The molecular weight excluding hydrogens is 296 g/mol. The zero-order valence-electron chi connectivity index (χ0n) is 10.9. The van der Waals surface area contributed by atoms with E-state index in [-0.39, 0.29) is 5.38 Å². The summed E-state index contributed by atoms with van der Waals surface area (Å²) >= 11 is 6.11. The van der Waals surface area contributed by atoms with Gasteiger partial charge in [0.2, 0.25) is 10.0 Å². The highest BCUT2D eigenvalue weighted by Gasteiger charge is 2.30. The van der Waals surface area contributed by atoms with E-state index in [1.807, 2.05) is 6.07 Å². The van der Waals surface area contributed by atoms with Crippen LogP contribution in [0.2, 0.25) is 0 Å². The molecule has 0 aliphatic carbocycles. The minimum absolute atomic E-state index is 0.102. The predicted molar refractivity (Wildman–Crippen MR) is 79.4 cm³/mol. The summed E-state index contributed by atoms with van der Waals surface area (Å²) in [5, 5.41) is 1.43. The number of halogens is 1. The van der Waals surface area contributed by atoms with Gasteiger partial charge in [-0.15, -0.1) is 11.6 Å². The fraction of sp³-hybridized carbons (Fsp3) is 0.357. The van der Waals surface area contributed by atoms with E-state index in [2.05, 4.69) is 4.98 Å². The van der Waals surface area contributed by atoms with Crippen molar-refractivity contribution in [2.45, 2.75) is 23.1 Å². The quantitative estimate of drug-likeness (QED) is 0.801. The molecule has 0 bridgehead atoms. The molecule has 106 valence electrons. The molecule has 0 saturated carbocycles. The molecule has 1 atom stereocenters. The van der Waals surface area contributed by atoms with Crippen LogP contribution in [0, 0.1) is 0 Å². The van der Waals surface area contributed by atoms with Crippen molar-refractivity contribution >= 4 is 32.4 Å². The van der Waals surface area contributed by atoms with Crippen molar-refractivity contribution in [1.82, 2.24) is 9.29 Å². The van der Waals surface area contributed by atoms with Gasteiger partial charge in [-0.1, -0.05) is 12.1 Å². The number of hydrogen-bond acceptors (Lipinski definition) is 3. The molecule has 1 aliphatic rings. The highest BCUT2D eigenvalue weighted by molar-refractivity contribution is 7.89. The average molecular weight is 311 g/mol. The van der Waals surface area contributed by atoms with Crippen LogP contribution in [0.25, 0.3) is 10.8 Å². The monoisotopic (exact) mass is 310 g/mol. The van der Waals surface area contributed by atoms with Crippen LogP contribution >= 0.6 is 11.6 Å². The summed E-state index contributed by atoms with van der Waals surface area (Å²) in [7, 11) is -3.50. The zero-order chi connectivity index (χ0) is 14.2. The SMILES string of the molecule is O=S(=O)(c1cccc2cnccc12)N1CCCC(Cl)C1. The van der Waals surface area contributed by atoms with Crippen LogP contribution in [0.15, 0.2) is 41.6 Å². The third kappa shape index (κ3) is 2.41. The van der Waals surface area contributed by atoms with Gasteiger partial charge in [0.25, 0.3) is 0 Å². The number of pyridine rings is 1.